The van der Waals surface area contributed by atoms with Crippen LogP contribution in [0.1, 0.15) is 0 Å². The molecule has 0 amide bonds. The molecule has 2 aromatic carbocycles. The van der Waals surface area contributed by atoms with Crippen molar-refractivity contribution < 1.29 is 21.2 Å². The Balaban J connectivity index is 2.65. The topological polar surface area (TPSA) is 37.3 Å². The maximum atomic E-state index is 12.7. The molecule has 0 heterocycles. The third kappa shape index (κ3) is 2.61. The van der Waals surface area contributed by atoms with Crippen LogP contribution in [0, 0.1) is 0 Å². The third-order valence-corrected chi connectivity index (χ3v) is 5.90. The Morgan fingerprint density at radius 3 is 2.00 bits per heavy atom. The number of halogens is 3. The fourth-order valence-corrected chi connectivity index (χ4v) is 3.78. The fourth-order valence-electron chi connectivity index (χ4n) is 1.69. The molecule has 0 bridgehead atoms. The van der Waals surface area contributed by atoms with E-state index in [1.807, 2.05) is 0 Å². The van der Waals surface area contributed by atoms with Crippen molar-refractivity contribution in [1.82, 2.24) is 0 Å². The van der Waals surface area contributed by atoms with Gasteiger partial charge in [-0.1, -0.05) is 0 Å². The Bertz CT molecular complexity index is 623. The van der Waals surface area contributed by atoms with Crippen LogP contribution in [-0.4, -0.2) is 22.4 Å². The first-order valence-electron chi connectivity index (χ1n) is 5.31. The summed E-state index contributed by atoms with van der Waals surface area (Å²) in [6, 6.07) is 13.6. The molecule has 0 aromatic heterocycles. The van der Waals surface area contributed by atoms with E-state index in [2.05, 4.69) is 0 Å². The van der Waals surface area contributed by atoms with E-state index in [1.165, 1.54) is 18.2 Å². The van der Waals surface area contributed by atoms with Crippen LogP contribution >= 0.6 is 0 Å². The Labute approximate surface area is 110 Å². The van der Waals surface area contributed by atoms with Crippen molar-refractivity contribution in [1.29, 1.82) is 0 Å². The van der Waals surface area contributed by atoms with Gasteiger partial charge in [0.05, 0.1) is 0 Å². The predicted molar refractivity (Wildman–Crippen MR) is 66.2 cm³/mol. The zero-order chi connectivity index (χ0) is 14.1. The van der Waals surface area contributed by atoms with Crippen LogP contribution in [0.25, 0.3) is 11.1 Å². The molecule has 0 fully saturated rings. The van der Waals surface area contributed by atoms with Crippen LogP contribution < -0.4 is 4.46 Å². The minimum absolute atomic E-state index is 0.137. The normalized spacial score (nSPS) is 14.9. The van der Waals surface area contributed by atoms with Crippen molar-refractivity contribution in [3.8, 4) is 11.1 Å². The van der Waals surface area contributed by atoms with Gasteiger partial charge in [0.15, 0.2) is 0 Å². The molecule has 0 saturated carbocycles. The second-order valence-electron chi connectivity index (χ2n) is 3.83. The van der Waals surface area contributed by atoms with Crippen LogP contribution in [0.3, 0.4) is 0 Å². The Morgan fingerprint density at radius 2 is 1.42 bits per heavy atom. The molecular weight excluding hydrogens is 324 g/mol. The van der Waals surface area contributed by atoms with Crippen LogP contribution in [0.2, 0.25) is 0 Å². The number of rotatable bonds is 2. The predicted octanol–water partition coefficient (Wildman–Crippen LogP) is 2.53. The van der Waals surface area contributed by atoms with Gasteiger partial charge < -0.3 is 0 Å². The Hall–Kier alpha value is -1.49. The van der Waals surface area contributed by atoms with Crippen molar-refractivity contribution >= 4 is 17.6 Å². The summed E-state index contributed by atoms with van der Waals surface area (Å²) in [7, 11) is 0. The SMILES string of the molecule is O=[Se](O)(c1ccccc1-c1ccccc1)C(F)(F)F. The zero-order valence-electron chi connectivity index (χ0n) is 9.59. The van der Waals surface area contributed by atoms with E-state index in [0.717, 1.165) is 6.07 Å². The molecule has 0 aliphatic heterocycles. The van der Waals surface area contributed by atoms with E-state index in [9.17, 15) is 21.2 Å². The summed E-state index contributed by atoms with van der Waals surface area (Å²) in [6.07, 6.45) is 0. The van der Waals surface area contributed by atoms with Gasteiger partial charge in [-0.05, 0) is 0 Å². The first-order valence-corrected chi connectivity index (χ1v) is 8.49. The molecule has 0 aliphatic rings. The summed E-state index contributed by atoms with van der Waals surface area (Å²) < 4.78 is 58.8. The summed E-state index contributed by atoms with van der Waals surface area (Å²) >= 11 is -5.96. The van der Waals surface area contributed by atoms with E-state index in [4.69, 9.17) is 0 Å². The molecule has 1 atom stereocenters. The zero-order valence-corrected chi connectivity index (χ0v) is 11.3. The van der Waals surface area contributed by atoms with Gasteiger partial charge in [-0.25, -0.2) is 0 Å². The standard InChI is InChI=1S/C13H10F3O2Se/c14-13(15,16)19(17,18)12-9-5-4-8-11(12)10-6-2-1-3-7-10/h1-9H,(H,17,18). The molecule has 0 aliphatic carbocycles. The summed E-state index contributed by atoms with van der Waals surface area (Å²) in [5.41, 5.74) is 0.617. The molecule has 1 N–H and O–H groups in total. The number of hydrogen-bond donors (Lipinski definition) is 1. The maximum absolute atomic E-state index is 12.7. The molecule has 2 aromatic rings. The van der Waals surface area contributed by atoms with Crippen LogP contribution in [0.15, 0.2) is 54.6 Å². The summed E-state index contributed by atoms with van der Waals surface area (Å²) in [5.74, 6) is 0. The molecule has 0 spiro atoms. The van der Waals surface area contributed by atoms with Gasteiger partial charge in [0.25, 0.3) is 0 Å². The second-order valence-corrected chi connectivity index (χ2v) is 7.93. The van der Waals surface area contributed by atoms with Gasteiger partial charge in [-0.15, -0.1) is 0 Å². The Morgan fingerprint density at radius 1 is 0.895 bits per heavy atom. The first kappa shape index (κ1) is 13.9. The van der Waals surface area contributed by atoms with Crippen molar-refractivity contribution in [2.75, 3.05) is 0 Å². The molecule has 6 heteroatoms. The number of hydrogen-bond acceptors (Lipinski definition) is 1. The van der Waals surface area contributed by atoms with Crippen LogP contribution in [0.5, 0.6) is 0 Å². The number of benzene rings is 2. The quantitative estimate of drug-likeness (QED) is 0.857. The molecule has 2 nitrogen and oxygen atoms in total. The first-order chi connectivity index (χ1) is 8.84. The molecule has 101 valence electrons. The van der Waals surface area contributed by atoms with Gasteiger partial charge in [0.1, 0.15) is 0 Å². The second kappa shape index (κ2) is 4.89. The molecule has 19 heavy (non-hydrogen) atoms. The average Bonchev–Trinajstić information content (AvgIpc) is 2.38. The van der Waals surface area contributed by atoms with E-state index < -0.39 is 22.6 Å². The van der Waals surface area contributed by atoms with Gasteiger partial charge in [0.2, 0.25) is 0 Å². The van der Waals surface area contributed by atoms with Crippen molar-refractivity contribution in [3.63, 3.8) is 0 Å². The van der Waals surface area contributed by atoms with Crippen molar-refractivity contribution in [2.24, 2.45) is 0 Å². The molecule has 2 rings (SSSR count). The summed E-state index contributed by atoms with van der Waals surface area (Å²) in [5, 5.41) is -5.12. The summed E-state index contributed by atoms with van der Waals surface area (Å²) in [4.78, 5) is 0. The molecule has 1 radical (unpaired) electrons. The van der Waals surface area contributed by atoms with E-state index >= 15 is 0 Å². The van der Waals surface area contributed by atoms with Gasteiger partial charge in [-0.2, -0.15) is 0 Å². The minimum atomic E-state index is -5.96. The van der Waals surface area contributed by atoms with Gasteiger partial charge in [0, 0.05) is 0 Å². The van der Waals surface area contributed by atoms with Crippen LogP contribution in [-0.2, 0) is 3.83 Å². The Kier molecular flexibility index (Phi) is 3.58. The van der Waals surface area contributed by atoms with Crippen molar-refractivity contribution in [2.45, 2.75) is 5.07 Å². The third-order valence-electron chi connectivity index (χ3n) is 2.58. The molecule has 1 unspecified atom stereocenters. The summed E-state index contributed by atoms with van der Waals surface area (Å²) in [6.45, 7) is 0. The van der Waals surface area contributed by atoms with Gasteiger partial charge >= 0.3 is 110 Å². The molecular formula is C13H10F3O2Se. The molecule has 0 saturated heterocycles. The monoisotopic (exact) mass is 335 g/mol. The van der Waals surface area contributed by atoms with Gasteiger partial charge in [-0.3, -0.25) is 0 Å². The van der Waals surface area contributed by atoms with Crippen molar-refractivity contribution in [3.05, 3.63) is 54.6 Å². The van der Waals surface area contributed by atoms with E-state index in [1.54, 1.807) is 30.3 Å². The fraction of sp³-hybridized carbons (Fsp3) is 0.0769. The van der Waals surface area contributed by atoms with Crippen LogP contribution in [0.4, 0.5) is 13.2 Å². The average molecular weight is 334 g/mol. The van der Waals surface area contributed by atoms with E-state index in [0.29, 0.717) is 5.56 Å². The van der Waals surface area contributed by atoms with E-state index in [-0.39, 0.29) is 5.56 Å². The number of alkyl halides is 3.